The van der Waals surface area contributed by atoms with Crippen molar-refractivity contribution >= 4 is 29.1 Å². The van der Waals surface area contributed by atoms with Crippen LogP contribution in [0.3, 0.4) is 0 Å². The van der Waals surface area contributed by atoms with Crippen LogP contribution in [0.4, 0.5) is 0 Å². The molecule has 2 aromatic carbocycles. The van der Waals surface area contributed by atoms with Crippen molar-refractivity contribution < 1.29 is 9.53 Å². The maximum Gasteiger partial charge on any atom is 0.252 e. The molecule has 1 fully saturated rings. The van der Waals surface area contributed by atoms with E-state index >= 15 is 0 Å². The highest BCUT2D eigenvalue weighted by atomic mass is 35.5. The lowest BCUT2D eigenvalue weighted by molar-refractivity contribution is -0.146. The summed E-state index contributed by atoms with van der Waals surface area (Å²) in [5.41, 5.74) is 0.601. The molecule has 1 amide bonds. The summed E-state index contributed by atoms with van der Waals surface area (Å²) in [7, 11) is 1.63. The maximum absolute atomic E-state index is 12.5. The smallest absolute Gasteiger partial charge is 0.252 e. The van der Waals surface area contributed by atoms with Gasteiger partial charge < -0.3 is 15.4 Å². The van der Waals surface area contributed by atoms with Crippen LogP contribution in [0, 0.1) is 0 Å². The van der Waals surface area contributed by atoms with Gasteiger partial charge in [-0.1, -0.05) is 42.5 Å². The zero-order valence-corrected chi connectivity index (χ0v) is 14.8. The quantitative estimate of drug-likeness (QED) is 0.873. The van der Waals surface area contributed by atoms with Gasteiger partial charge in [0.05, 0.1) is 0 Å². The van der Waals surface area contributed by atoms with Crippen LogP contribution in [0.1, 0.15) is 18.4 Å². The third kappa shape index (κ3) is 3.89. The molecule has 0 atom stereocenters. The number of ether oxygens (including phenoxy) is 1. The molecule has 1 heterocycles. The first-order valence-corrected chi connectivity index (χ1v) is 8.26. The molecule has 130 valence electrons. The van der Waals surface area contributed by atoms with Gasteiger partial charge in [0.1, 0.15) is 5.60 Å². The molecule has 0 saturated carbocycles. The van der Waals surface area contributed by atoms with Crippen LogP contribution in [-0.2, 0) is 16.0 Å². The second kappa shape index (κ2) is 8.47. The summed E-state index contributed by atoms with van der Waals surface area (Å²) in [6.07, 6.45) is 2.28. The van der Waals surface area contributed by atoms with Crippen LogP contribution in [0.2, 0.25) is 0 Å². The summed E-state index contributed by atoms with van der Waals surface area (Å²) < 4.78 is 5.56. The van der Waals surface area contributed by atoms with Gasteiger partial charge in [-0.25, -0.2) is 0 Å². The second-order valence-electron chi connectivity index (χ2n) is 6.09. The van der Waals surface area contributed by atoms with E-state index in [9.17, 15) is 4.79 Å². The number of methoxy groups -OCH3 is 1. The predicted molar refractivity (Wildman–Crippen MR) is 99.8 cm³/mol. The Morgan fingerprint density at radius 2 is 1.88 bits per heavy atom. The highest BCUT2D eigenvalue weighted by Crippen LogP contribution is 2.23. The molecule has 1 aliphatic rings. The SMILES string of the molecule is COC1(C(=O)NCCc2cccc3ccccc23)CCNCC1.Cl. The maximum atomic E-state index is 12.5. The van der Waals surface area contributed by atoms with Gasteiger partial charge in [0.15, 0.2) is 0 Å². The number of carbonyl (C=O) groups excluding carboxylic acids is 1. The van der Waals surface area contributed by atoms with Crippen LogP contribution < -0.4 is 10.6 Å². The third-order valence-electron chi connectivity index (χ3n) is 4.78. The summed E-state index contributed by atoms with van der Waals surface area (Å²) in [6, 6.07) is 14.7. The van der Waals surface area contributed by atoms with Gasteiger partial charge in [-0.15, -0.1) is 12.4 Å². The molecule has 2 N–H and O–H groups in total. The average Bonchev–Trinajstić information content (AvgIpc) is 2.62. The van der Waals surface area contributed by atoms with Crippen LogP contribution in [-0.4, -0.2) is 38.3 Å². The van der Waals surface area contributed by atoms with E-state index < -0.39 is 5.60 Å². The number of benzene rings is 2. The van der Waals surface area contributed by atoms with Gasteiger partial charge >= 0.3 is 0 Å². The Morgan fingerprint density at radius 1 is 1.17 bits per heavy atom. The summed E-state index contributed by atoms with van der Waals surface area (Å²) in [5.74, 6) is 0.0155. The van der Waals surface area contributed by atoms with E-state index in [1.54, 1.807) is 7.11 Å². The average molecular weight is 349 g/mol. The minimum Gasteiger partial charge on any atom is -0.368 e. The molecule has 0 aliphatic carbocycles. The third-order valence-corrected chi connectivity index (χ3v) is 4.78. The summed E-state index contributed by atoms with van der Waals surface area (Å²) in [6.45, 7) is 2.28. The number of rotatable bonds is 5. The lowest BCUT2D eigenvalue weighted by Gasteiger charge is -2.34. The first-order valence-electron chi connectivity index (χ1n) is 8.26. The van der Waals surface area contributed by atoms with Crippen molar-refractivity contribution in [1.29, 1.82) is 0 Å². The number of halogens is 1. The van der Waals surface area contributed by atoms with E-state index in [-0.39, 0.29) is 18.3 Å². The first kappa shape index (κ1) is 18.7. The van der Waals surface area contributed by atoms with E-state index in [4.69, 9.17) is 4.74 Å². The molecule has 0 aromatic heterocycles. The van der Waals surface area contributed by atoms with E-state index in [1.165, 1.54) is 16.3 Å². The fraction of sp³-hybridized carbons (Fsp3) is 0.421. The van der Waals surface area contributed by atoms with Gasteiger partial charge in [0.2, 0.25) is 0 Å². The molecule has 24 heavy (non-hydrogen) atoms. The Kier molecular flexibility index (Phi) is 6.60. The fourth-order valence-electron chi connectivity index (χ4n) is 3.34. The monoisotopic (exact) mass is 348 g/mol. The van der Waals surface area contributed by atoms with Crippen molar-refractivity contribution in [3.8, 4) is 0 Å². The summed E-state index contributed by atoms with van der Waals surface area (Å²) >= 11 is 0. The normalized spacial score (nSPS) is 16.4. The molecule has 1 saturated heterocycles. The number of hydrogen-bond donors (Lipinski definition) is 2. The van der Waals surface area contributed by atoms with Crippen LogP contribution in [0.5, 0.6) is 0 Å². The van der Waals surface area contributed by atoms with Crippen molar-refractivity contribution in [2.75, 3.05) is 26.7 Å². The zero-order valence-electron chi connectivity index (χ0n) is 14.0. The fourth-order valence-corrected chi connectivity index (χ4v) is 3.34. The number of piperidine rings is 1. The van der Waals surface area contributed by atoms with E-state index in [2.05, 4.69) is 47.0 Å². The molecular formula is C19H25ClN2O2. The number of carbonyl (C=O) groups is 1. The summed E-state index contributed by atoms with van der Waals surface area (Å²) in [5, 5.41) is 8.83. The molecule has 1 aliphatic heterocycles. The van der Waals surface area contributed by atoms with Crippen LogP contribution in [0.15, 0.2) is 42.5 Å². The molecule has 0 bridgehead atoms. The minimum atomic E-state index is -0.663. The van der Waals surface area contributed by atoms with E-state index in [1.807, 2.05) is 6.07 Å². The van der Waals surface area contributed by atoms with Crippen molar-refractivity contribution in [2.24, 2.45) is 0 Å². The van der Waals surface area contributed by atoms with E-state index in [0.29, 0.717) is 6.54 Å². The Labute approximate surface area is 149 Å². The molecule has 0 unspecified atom stereocenters. The molecule has 2 aromatic rings. The van der Waals surface area contributed by atoms with E-state index in [0.717, 1.165) is 32.4 Å². The predicted octanol–water partition coefficient (Wildman–Crippen LogP) is 2.69. The highest BCUT2D eigenvalue weighted by Gasteiger charge is 2.39. The Bertz CT molecular complexity index is 679. The number of hydrogen-bond acceptors (Lipinski definition) is 3. The van der Waals surface area contributed by atoms with Gasteiger partial charge in [0.25, 0.3) is 5.91 Å². The Morgan fingerprint density at radius 3 is 2.62 bits per heavy atom. The van der Waals surface area contributed by atoms with Crippen molar-refractivity contribution in [1.82, 2.24) is 10.6 Å². The molecule has 0 radical (unpaired) electrons. The minimum absolute atomic E-state index is 0. The van der Waals surface area contributed by atoms with Gasteiger partial charge in [-0.05, 0) is 48.7 Å². The van der Waals surface area contributed by atoms with Crippen molar-refractivity contribution in [3.05, 3.63) is 48.0 Å². The standard InChI is InChI=1S/C19H24N2O2.ClH/c1-23-19(10-13-20-14-11-19)18(22)21-12-9-16-7-4-6-15-5-2-3-8-17(15)16;/h2-8,20H,9-14H2,1H3,(H,21,22);1H. The van der Waals surface area contributed by atoms with Gasteiger partial charge in [-0.3, -0.25) is 4.79 Å². The second-order valence-corrected chi connectivity index (χ2v) is 6.09. The number of nitrogens with one attached hydrogen (secondary N) is 2. The number of fused-ring (bicyclic) bond motifs is 1. The molecular weight excluding hydrogens is 324 g/mol. The Balaban J connectivity index is 0.00000208. The van der Waals surface area contributed by atoms with Crippen molar-refractivity contribution in [2.45, 2.75) is 24.9 Å². The van der Waals surface area contributed by atoms with Crippen molar-refractivity contribution in [3.63, 3.8) is 0 Å². The number of amides is 1. The molecule has 0 spiro atoms. The Hall–Kier alpha value is -1.62. The van der Waals surface area contributed by atoms with Gasteiger partial charge in [-0.2, -0.15) is 0 Å². The largest absolute Gasteiger partial charge is 0.368 e. The lowest BCUT2D eigenvalue weighted by Crippen LogP contribution is -2.54. The lowest BCUT2D eigenvalue weighted by atomic mass is 9.91. The molecule has 4 nitrogen and oxygen atoms in total. The summed E-state index contributed by atoms with van der Waals surface area (Å²) in [4.78, 5) is 12.5. The first-order chi connectivity index (χ1) is 11.2. The topological polar surface area (TPSA) is 50.4 Å². The highest BCUT2D eigenvalue weighted by molar-refractivity contribution is 5.87. The van der Waals surface area contributed by atoms with Crippen LogP contribution in [0.25, 0.3) is 10.8 Å². The molecule has 3 rings (SSSR count). The molecule has 5 heteroatoms. The zero-order chi connectivity index (χ0) is 16.1. The van der Waals surface area contributed by atoms with Gasteiger partial charge in [0, 0.05) is 13.7 Å². The van der Waals surface area contributed by atoms with Crippen LogP contribution >= 0.6 is 12.4 Å².